The van der Waals surface area contributed by atoms with Crippen LogP contribution < -0.4 is 15.8 Å². The summed E-state index contributed by atoms with van der Waals surface area (Å²) in [6.07, 6.45) is 2.05. The molecule has 0 aliphatic carbocycles. The maximum absolute atomic E-state index is 14.5. The number of carbonyl (C=O) groups is 2. The van der Waals surface area contributed by atoms with Gasteiger partial charge in [0.2, 0.25) is 5.91 Å². The van der Waals surface area contributed by atoms with E-state index in [-0.39, 0.29) is 19.6 Å². The Morgan fingerprint density at radius 2 is 1.59 bits per heavy atom. The minimum atomic E-state index is -1.64. The lowest BCUT2D eigenvalue weighted by Gasteiger charge is -2.49. The average molecular weight is 534 g/mol. The van der Waals surface area contributed by atoms with Gasteiger partial charge in [-0.15, -0.1) is 0 Å². The number of amides is 1. The molecule has 3 atom stereocenters. The van der Waals surface area contributed by atoms with Gasteiger partial charge in [0.15, 0.2) is 5.54 Å². The molecule has 0 bridgehead atoms. The van der Waals surface area contributed by atoms with E-state index in [2.05, 4.69) is 10.7 Å². The third-order valence-electron chi connectivity index (χ3n) is 8.13. The highest BCUT2D eigenvalue weighted by molar-refractivity contribution is 5.96. The molecule has 1 amide bonds. The highest BCUT2D eigenvalue weighted by Crippen LogP contribution is 2.60. The topological polar surface area (TPSA) is 102 Å². The number of nitrogens with zero attached hydrogens (tertiary/aromatic N) is 1. The Bertz CT molecular complexity index is 1270. The molecule has 7 nitrogen and oxygen atoms in total. The van der Waals surface area contributed by atoms with Gasteiger partial charge in [-0.05, 0) is 55.2 Å². The maximum atomic E-state index is 14.5. The molecular formula is C31H36FN3O4. The number of halogens is 1. The first-order chi connectivity index (χ1) is 18.8. The third kappa shape index (κ3) is 4.68. The zero-order valence-corrected chi connectivity index (χ0v) is 22.4. The van der Waals surface area contributed by atoms with E-state index in [1.807, 2.05) is 55.5 Å². The summed E-state index contributed by atoms with van der Waals surface area (Å²) in [5.74, 6) is -2.04. The normalized spacial score (nSPS) is 24.5. The van der Waals surface area contributed by atoms with Crippen LogP contribution in [0, 0.1) is 11.2 Å². The molecule has 206 valence electrons. The number of hydrogen-bond acceptors (Lipinski definition) is 5. The molecule has 1 saturated heterocycles. The smallest absolute Gasteiger partial charge is 0.331 e. The molecule has 4 rings (SSSR count). The number of carboxylic acid groups (broad SMARTS) is 1. The summed E-state index contributed by atoms with van der Waals surface area (Å²) in [4.78, 5) is 28.0. The van der Waals surface area contributed by atoms with Crippen LogP contribution in [0.4, 0.5) is 10.1 Å². The number of nitrogens with one attached hydrogen (secondary N) is 2. The SMILES string of the molecule is CCCCC1(Cc2ccccc2)C(C(=O)NCCO)(c2ccc(F)cc2)NN(c2ccccc2)C1(C)C(=O)O. The van der Waals surface area contributed by atoms with Crippen LogP contribution >= 0.6 is 0 Å². The predicted octanol–water partition coefficient (Wildman–Crippen LogP) is 4.42. The molecule has 39 heavy (non-hydrogen) atoms. The molecule has 0 spiro atoms. The fourth-order valence-corrected chi connectivity index (χ4v) is 6.15. The molecule has 1 heterocycles. The van der Waals surface area contributed by atoms with E-state index in [9.17, 15) is 24.2 Å². The number of benzene rings is 3. The van der Waals surface area contributed by atoms with Gasteiger partial charge in [0.05, 0.1) is 12.3 Å². The number of rotatable bonds is 11. The van der Waals surface area contributed by atoms with Crippen molar-refractivity contribution in [3.63, 3.8) is 0 Å². The van der Waals surface area contributed by atoms with Crippen LogP contribution in [-0.4, -0.2) is 40.8 Å². The maximum Gasteiger partial charge on any atom is 0.331 e. The van der Waals surface area contributed by atoms with Gasteiger partial charge in [-0.1, -0.05) is 80.4 Å². The summed E-state index contributed by atoms with van der Waals surface area (Å²) in [6.45, 7) is 3.38. The van der Waals surface area contributed by atoms with E-state index >= 15 is 0 Å². The Balaban J connectivity index is 2.13. The lowest BCUT2D eigenvalue weighted by Crippen LogP contribution is -2.65. The Labute approximate surface area is 228 Å². The molecule has 3 aromatic rings. The number of aliphatic hydroxyl groups is 1. The van der Waals surface area contributed by atoms with Crippen molar-refractivity contribution in [1.82, 2.24) is 10.7 Å². The second-order valence-electron chi connectivity index (χ2n) is 10.2. The van der Waals surface area contributed by atoms with Crippen molar-refractivity contribution in [3.05, 3.63) is 102 Å². The summed E-state index contributed by atoms with van der Waals surface area (Å²) in [5, 5.41) is 25.1. The van der Waals surface area contributed by atoms with E-state index in [0.29, 0.717) is 24.1 Å². The first-order valence-electron chi connectivity index (χ1n) is 13.3. The highest BCUT2D eigenvalue weighted by atomic mass is 19.1. The molecule has 3 aromatic carbocycles. The highest BCUT2D eigenvalue weighted by Gasteiger charge is 2.75. The molecule has 0 saturated carbocycles. The van der Waals surface area contributed by atoms with Gasteiger partial charge in [0.25, 0.3) is 0 Å². The summed E-state index contributed by atoms with van der Waals surface area (Å²) in [6, 6.07) is 24.3. The van der Waals surface area contributed by atoms with Gasteiger partial charge >= 0.3 is 5.97 Å². The fourth-order valence-electron chi connectivity index (χ4n) is 6.15. The largest absolute Gasteiger partial charge is 0.479 e. The third-order valence-corrected chi connectivity index (χ3v) is 8.13. The molecule has 0 aromatic heterocycles. The standard InChI is InChI=1S/C31H36FN3O4/c1-3-4-19-30(22-23-11-7-5-8-12-23)29(2,28(38)39)35(26-13-9-6-10-14-26)34-31(30,27(37)33-20-21-36)24-15-17-25(32)18-16-24/h5-18,34,36H,3-4,19-22H2,1-2H3,(H,33,37)(H,38,39). The number of aliphatic hydroxyl groups excluding tert-OH is 1. The van der Waals surface area contributed by atoms with Crippen molar-refractivity contribution in [2.45, 2.75) is 50.6 Å². The summed E-state index contributed by atoms with van der Waals surface area (Å²) in [7, 11) is 0. The van der Waals surface area contributed by atoms with E-state index < -0.39 is 34.2 Å². The Morgan fingerprint density at radius 3 is 2.15 bits per heavy atom. The number of anilines is 1. The van der Waals surface area contributed by atoms with Gasteiger partial charge in [-0.25, -0.2) is 14.6 Å². The van der Waals surface area contributed by atoms with Crippen LogP contribution in [-0.2, 0) is 21.5 Å². The second kappa shape index (κ2) is 11.6. The van der Waals surface area contributed by atoms with Crippen molar-refractivity contribution < 1.29 is 24.2 Å². The van der Waals surface area contributed by atoms with E-state index in [0.717, 1.165) is 12.0 Å². The molecule has 4 N–H and O–H groups in total. The van der Waals surface area contributed by atoms with Crippen LogP contribution in [0.2, 0.25) is 0 Å². The number of unbranched alkanes of at least 4 members (excludes halogenated alkanes) is 1. The molecular weight excluding hydrogens is 497 g/mol. The molecule has 3 unspecified atom stereocenters. The predicted molar refractivity (Wildman–Crippen MR) is 148 cm³/mol. The van der Waals surface area contributed by atoms with Gasteiger partial charge in [0, 0.05) is 12.0 Å². The minimum Gasteiger partial charge on any atom is -0.479 e. The summed E-state index contributed by atoms with van der Waals surface area (Å²) in [5.41, 5.74) is 0.752. The van der Waals surface area contributed by atoms with E-state index in [1.165, 1.54) is 12.1 Å². The quantitative estimate of drug-likeness (QED) is 0.291. The lowest BCUT2D eigenvalue weighted by atomic mass is 9.53. The first-order valence-corrected chi connectivity index (χ1v) is 13.3. The van der Waals surface area contributed by atoms with Gasteiger partial charge < -0.3 is 15.5 Å². The molecule has 1 aliphatic heterocycles. The van der Waals surface area contributed by atoms with Crippen LogP contribution in [0.3, 0.4) is 0 Å². The van der Waals surface area contributed by atoms with Crippen LogP contribution in [0.1, 0.15) is 44.2 Å². The lowest BCUT2D eigenvalue weighted by molar-refractivity contribution is -0.150. The molecule has 0 radical (unpaired) electrons. The minimum absolute atomic E-state index is 0.0201. The van der Waals surface area contributed by atoms with Gasteiger partial charge in [-0.2, -0.15) is 0 Å². The number of aliphatic carboxylic acids is 1. The van der Waals surface area contributed by atoms with Crippen molar-refractivity contribution in [2.24, 2.45) is 5.41 Å². The number of carboxylic acids is 1. The van der Waals surface area contributed by atoms with E-state index in [1.54, 1.807) is 36.2 Å². The Morgan fingerprint density at radius 1 is 0.974 bits per heavy atom. The van der Waals surface area contributed by atoms with Crippen LogP contribution in [0.5, 0.6) is 0 Å². The average Bonchev–Trinajstić information content (AvgIpc) is 3.18. The van der Waals surface area contributed by atoms with Crippen molar-refractivity contribution in [3.8, 4) is 0 Å². The van der Waals surface area contributed by atoms with E-state index in [4.69, 9.17) is 0 Å². The fraction of sp³-hybridized carbons (Fsp3) is 0.355. The number of carbonyl (C=O) groups excluding carboxylic acids is 1. The Kier molecular flexibility index (Phi) is 8.37. The second-order valence-corrected chi connectivity index (χ2v) is 10.2. The van der Waals surface area contributed by atoms with Crippen LogP contribution in [0.25, 0.3) is 0 Å². The Hall–Kier alpha value is -3.75. The molecule has 8 heteroatoms. The molecule has 1 fully saturated rings. The zero-order valence-electron chi connectivity index (χ0n) is 22.4. The summed E-state index contributed by atoms with van der Waals surface area (Å²) < 4.78 is 14.2. The first kappa shape index (κ1) is 28.3. The number of para-hydroxylation sites is 1. The van der Waals surface area contributed by atoms with Crippen molar-refractivity contribution in [2.75, 3.05) is 18.2 Å². The molecule has 1 aliphatic rings. The zero-order chi connectivity index (χ0) is 28.1. The van der Waals surface area contributed by atoms with Gasteiger partial charge in [0.1, 0.15) is 11.4 Å². The van der Waals surface area contributed by atoms with Crippen molar-refractivity contribution in [1.29, 1.82) is 0 Å². The number of hydrazine groups is 1. The van der Waals surface area contributed by atoms with Crippen LogP contribution in [0.15, 0.2) is 84.9 Å². The van der Waals surface area contributed by atoms with Crippen molar-refractivity contribution >= 4 is 17.6 Å². The summed E-state index contributed by atoms with van der Waals surface area (Å²) >= 11 is 0. The van der Waals surface area contributed by atoms with Gasteiger partial charge in [-0.3, -0.25) is 9.80 Å². The monoisotopic (exact) mass is 533 g/mol. The number of hydrogen-bond donors (Lipinski definition) is 4.